The van der Waals surface area contributed by atoms with Crippen LogP contribution in [0.3, 0.4) is 0 Å². The molecule has 6 nitrogen and oxygen atoms in total. The van der Waals surface area contributed by atoms with Crippen LogP contribution in [0.15, 0.2) is 40.9 Å². The summed E-state index contributed by atoms with van der Waals surface area (Å²) in [4.78, 5) is 18.9. The minimum atomic E-state index is -3.45. The Hall–Kier alpha value is -1.77. The lowest BCUT2D eigenvalue weighted by molar-refractivity contribution is 0.0697. The van der Waals surface area contributed by atoms with Crippen molar-refractivity contribution in [2.75, 3.05) is 26.2 Å². The topological polar surface area (TPSA) is 70.6 Å². The molecule has 0 atom stereocenters. The maximum atomic E-state index is 12.6. The van der Waals surface area contributed by atoms with Gasteiger partial charge < -0.3 is 4.90 Å². The number of rotatable bonds is 3. The summed E-state index contributed by atoms with van der Waals surface area (Å²) in [5.41, 5.74) is 0.526. The first-order valence-electron chi connectivity index (χ1n) is 7.24. The van der Waals surface area contributed by atoms with Gasteiger partial charge in [0, 0.05) is 43.4 Å². The van der Waals surface area contributed by atoms with Crippen LogP contribution in [-0.2, 0) is 10.0 Å². The molecule has 0 bridgehead atoms. The Kier molecular flexibility index (Phi) is 4.47. The van der Waals surface area contributed by atoms with E-state index >= 15 is 0 Å². The van der Waals surface area contributed by atoms with Gasteiger partial charge in [-0.15, -0.1) is 11.3 Å². The highest BCUT2D eigenvalue weighted by atomic mass is 32.2. The number of hydrogen-bond donors (Lipinski definition) is 0. The SMILES string of the molecule is Cc1ccc(S(=O)(=O)N2CCN(C(=O)c3cccnc3)CC2)s1. The van der Waals surface area contributed by atoms with E-state index in [0.717, 1.165) is 4.88 Å². The lowest BCUT2D eigenvalue weighted by Gasteiger charge is -2.33. The third-order valence-corrected chi connectivity index (χ3v) is 7.11. The lowest BCUT2D eigenvalue weighted by atomic mass is 10.2. The van der Waals surface area contributed by atoms with Gasteiger partial charge >= 0.3 is 0 Å². The average Bonchev–Trinajstić information content (AvgIpc) is 3.02. The molecule has 1 aliphatic rings. The van der Waals surface area contributed by atoms with Crippen LogP contribution in [0.4, 0.5) is 0 Å². The van der Waals surface area contributed by atoms with Crippen molar-refractivity contribution in [2.24, 2.45) is 0 Å². The number of thiophene rings is 1. The van der Waals surface area contributed by atoms with E-state index in [4.69, 9.17) is 0 Å². The fraction of sp³-hybridized carbons (Fsp3) is 0.333. The molecule has 0 spiro atoms. The van der Waals surface area contributed by atoms with E-state index in [-0.39, 0.29) is 5.91 Å². The molecule has 1 amide bonds. The summed E-state index contributed by atoms with van der Waals surface area (Å²) in [6, 6.07) is 6.88. The molecule has 3 rings (SSSR count). The largest absolute Gasteiger partial charge is 0.336 e. The quantitative estimate of drug-likeness (QED) is 0.842. The van der Waals surface area contributed by atoms with E-state index in [1.807, 2.05) is 6.92 Å². The van der Waals surface area contributed by atoms with Crippen molar-refractivity contribution in [2.45, 2.75) is 11.1 Å². The third kappa shape index (κ3) is 3.29. The molecule has 1 saturated heterocycles. The summed E-state index contributed by atoms with van der Waals surface area (Å²) < 4.78 is 27.0. The zero-order valence-electron chi connectivity index (χ0n) is 12.7. The standard InChI is InChI=1S/C15H17N3O3S2/c1-12-4-5-14(22-12)23(20,21)18-9-7-17(8-10-18)15(19)13-3-2-6-16-11-13/h2-6,11H,7-10H2,1H3. The van der Waals surface area contributed by atoms with Crippen molar-refractivity contribution in [1.82, 2.24) is 14.2 Å². The summed E-state index contributed by atoms with van der Waals surface area (Å²) in [5.74, 6) is -0.109. The highest BCUT2D eigenvalue weighted by Crippen LogP contribution is 2.25. The number of hydrogen-bond acceptors (Lipinski definition) is 5. The molecule has 23 heavy (non-hydrogen) atoms. The van der Waals surface area contributed by atoms with Gasteiger partial charge in [-0.3, -0.25) is 9.78 Å². The number of sulfonamides is 1. The number of carbonyl (C=O) groups is 1. The fourth-order valence-electron chi connectivity index (χ4n) is 2.48. The second kappa shape index (κ2) is 6.38. The van der Waals surface area contributed by atoms with Crippen LogP contribution < -0.4 is 0 Å². The molecule has 2 aromatic heterocycles. The second-order valence-electron chi connectivity index (χ2n) is 5.30. The number of aromatic nitrogens is 1. The third-order valence-electron chi connectivity index (χ3n) is 3.74. The Balaban J connectivity index is 1.68. The van der Waals surface area contributed by atoms with Crippen molar-refractivity contribution >= 4 is 27.3 Å². The smallest absolute Gasteiger partial charge is 0.255 e. The van der Waals surface area contributed by atoms with Crippen LogP contribution in [0.25, 0.3) is 0 Å². The molecule has 1 aliphatic heterocycles. The monoisotopic (exact) mass is 351 g/mol. The molecular weight excluding hydrogens is 334 g/mol. The van der Waals surface area contributed by atoms with Gasteiger partial charge in [0.25, 0.3) is 15.9 Å². The van der Waals surface area contributed by atoms with Gasteiger partial charge in [0.15, 0.2) is 0 Å². The fourth-order valence-corrected chi connectivity index (χ4v) is 5.34. The number of amides is 1. The van der Waals surface area contributed by atoms with Gasteiger partial charge in [0.05, 0.1) is 5.56 Å². The molecule has 0 aliphatic carbocycles. The zero-order chi connectivity index (χ0) is 16.4. The maximum absolute atomic E-state index is 12.6. The van der Waals surface area contributed by atoms with Crippen molar-refractivity contribution < 1.29 is 13.2 Å². The highest BCUT2D eigenvalue weighted by Gasteiger charge is 2.31. The summed E-state index contributed by atoms with van der Waals surface area (Å²) in [6.45, 7) is 3.28. The van der Waals surface area contributed by atoms with E-state index in [2.05, 4.69) is 4.98 Å². The normalized spacial score (nSPS) is 16.5. The maximum Gasteiger partial charge on any atom is 0.255 e. The van der Waals surface area contributed by atoms with Gasteiger partial charge in [-0.2, -0.15) is 4.31 Å². The molecule has 0 N–H and O–H groups in total. The van der Waals surface area contributed by atoms with Crippen molar-refractivity contribution in [3.63, 3.8) is 0 Å². The van der Waals surface area contributed by atoms with Crippen LogP contribution >= 0.6 is 11.3 Å². The molecule has 1 fully saturated rings. The molecule has 0 unspecified atom stereocenters. The van der Waals surface area contributed by atoms with E-state index in [1.54, 1.807) is 35.4 Å². The Morgan fingerprint density at radius 2 is 1.91 bits per heavy atom. The minimum Gasteiger partial charge on any atom is -0.336 e. The van der Waals surface area contributed by atoms with Crippen molar-refractivity contribution in [3.05, 3.63) is 47.1 Å². The molecular formula is C15H17N3O3S2. The minimum absolute atomic E-state index is 0.109. The molecule has 3 heterocycles. The van der Waals surface area contributed by atoms with E-state index in [0.29, 0.717) is 36.0 Å². The predicted molar refractivity (Wildman–Crippen MR) is 88.0 cm³/mol. The molecule has 122 valence electrons. The van der Waals surface area contributed by atoms with E-state index < -0.39 is 10.0 Å². The Bertz CT molecular complexity index is 794. The molecule has 0 aromatic carbocycles. The Morgan fingerprint density at radius 3 is 2.48 bits per heavy atom. The lowest BCUT2D eigenvalue weighted by Crippen LogP contribution is -2.50. The number of pyridine rings is 1. The Labute approximate surface area is 139 Å². The first kappa shape index (κ1) is 16.1. The first-order valence-corrected chi connectivity index (χ1v) is 9.50. The van der Waals surface area contributed by atoms with E-state index in [1.165, 1.54) is 21.8 Å². The van der Waals surface area contributed by atoms with Gasteiger partial charge in [-0.05, 0) is 31.2 Å². The molecule has 0 radical (unpaired) electrons. The molecule has 0 saturated carbocycles. The summed E-state index contributed by atoms with van der Waals surface area (Å²) >= 11 is 1.27. The number of piperazine rings is 1. The first-order chi connectivity index (χ1) is 11.0. The van der Waals surface area contributed by atoms with Crippen LogP contribution in [0, 0.1) is 6.92 Å². The van der Waals surface area contributed by atoms with Gasteiger partial charge in [-0.1, -0.05) is 0 Å². The number of carbonyl (C=O) groups excluding carboxylic acids is 1. The van der Waals surface area contributed by atoms with Gasteiger partial charge in [0.2, 0.25) is 0 Å². The zero-order valence-corrected chi connectivity index (χ0v) is 14.3. The van der Waals surface area contributed by atoms with Gasteiger partial charge in [-0.25, -0.2) is 8.42 Å². The average molecular weight is 351 g/mol. The number of aryl methyl sites for hydroxylation is 1. The number of nitrogens with zero attached hydrogens (tertiary/aromatic N) is 3. The van der Waals surface area contributed by atoms with Gasteiger partial charge in [0.1, 0.15) is 4.21 Å². The molecule has 2 aromatic rings. The predicted octanol–water partition coefficient (Wildman–Crippen LogP) is 1.60. The van der Waals surface area contributed by atoms with Crippen LogP contribution in [-0.4, -0.2) is 54.7 Å². The van der Waals surface area contributed by atoms with Crippen LogP contribution in [0.5, 0.6) is 0 Å². The molecule has 8 heteroatoms. The summed E-state index contributed by atoms with van der Waals surface area (Å²) in [5, 5.41) is 0. The van der Waals surface area contributed by atoms with Crippen molar-refractivity contribution in [1.29, 1.82) is 0 Å². The van der Waals surface area contributed by atoms with E-state index in [9.17, 15) is 13.2 Å². The van der Waals surface area contributed by atoms with Crippen LogP contribution in [0.2, 0.25) is 0 Å². The Morgan fingerprint density at radius 1 is 1.17 bits per heavy atom. The summed E-state index contributed by atoms with van der Waals surface area (Å²) in [6.07, 6.45) is 3.14. The summed E-state index contributed by atoms with van der Waals surface area (Å²) in [7, 11) is -3.45. The second-order valence-corrected chi connectivity index (χ2v) is 8.76. The van der Waals surface area contributed by atoms with Crippen LogP contribution in [0.1, 0.15) is 15.2 Å². The van der Waals surface area contributed by atoms with Crippen molar-refractivity contribution in [3.8, 4) is 0 Å². The highest BCUT2D eigenvalue weighted by molar-refractivity contribution is 7.91.